The number of rotatable bonds is 7. The lowest BCUT2D eigenvalue weighted by atomic mass is 10.1. The lowest BCUT2D eigenvalue weighted by Gasteiger charge is -2.34. The minimum absolute atomic E-state index is 0.0976. The van der Waals surface area contributed by atoms with Gasteiger partial charge in [-0.2, -0.15) is 17.5 Å². The first-order valence-electron chi connectivity index (χ1n) is 9.99. The summed E-state index contributed by atoms with van der Waals surface area (Å²) in [4.78, 5) is 14.0. The number of halogens is 4. The van der Waals surface area contributed by atoms with E-state index in [0.29, 0.717) is 25.4 Å². The molecule has 2 aromatic rings. The van der Waals surface area contributed by atoms with Gasteiger partial charge in [-0.3, -0.25) is 4.79 Å². The number of benzene rings is 2. The van der Waals surface area contributed by atoms with Gasteiger partial charge in [0.25, 0.3) is 0 Å². The van der Waals surface area contributed by atoms with Crippen molar-refractivity contribution in [3.63, 3.8) is 0 Å². The Balaban J connectivity index is 1.52. The van der Waals surface area contributed by atoms with Crippen molar-refractivity contribution in [1.29, 1.82) is 0 Å². The van der Waals surface area contributed by atoms with Gasteiger partial charge in [-0.15, -0.1) is 0 Å². The number of alkyl halides is 3. The first kappa shape index (κ1) is 24.9. The standard InChI is InChI=1S/C21H23F4N3O4S/c1-27(33(30,31)19-8-4-16(22)5-9-19)14-20(29)26-12-18-13-28(10-11-32-18)17-6-2-15(3-7-17)21(23,24)25/h2-9,18H,10-14H2,1H3,(H,26,29). The van der Waals surface area contributed by atoms with Crippen LogP contribution >= 0.6 is 0 Å². The van der Waals surface area contributed by atoms with Gasteiger partial charge in [0, 0.05) is 32.4 Å². The molecular formula is C21H23F4N3O4S. The largest absolute Gasteiger partial charge is 0.416 e. The Morgan fingerprint density at radius 1 is 1.15 bits per heavy atom. The maximum absolute atomic E-state index is 13.0. The molecule has 0 saturated carbocycles. The maximum Gasteiger partial charge on any atom is 0.416 e. The number of sulfonamides is 1. The molecule has 7 nitrogen and oxygen atoms in total. The van der Waals surface area contributed by atoms with Crippen LogP contribution in [0.3, 0.4) is 0 Å². The third kappa shape index (κ3) is 6.42. The number of hydrogen-bond donors (Lipinski definition) is 1. The Labute approximate surface area is 189 Å². The molecule has 1 atom stereocenters. The van der Waals surface area contributed by atoms with Crippen molar-refractivity contribution in [2.45, 2.75) is 17.2 Å². The molecule has 1 aliphatic rings. The van der Waals surface area contributed by atoms with Gasteiger partial charge in [0.15, 0.2) is 0 Å². The van der Waals surface area contributed by atoms with Crippen LogP contribution in [0.15, 0.2) is 53.4 Å². The van der Waals surface area contributed by atoms with Gasteiger partial charge in [0.05, 0.1) is 29.7 Å². The zero-order chi connectivity index (χ0) is 24.2. The molecule has 1 N–H and O–H groups in total. The highest BCUT2D eigenvalue weighted by atomic mass is 32.2. The second kappa shape index (κ2) is 10.1. The molecule has 1 saturated heterocycles. The molecule has 0 spiro atoms. The highest BCUT2D eigenvalue weighted by molar-refractivity contribution is 7.89. The van der Waals surface area contributed by atoms with Crippen LogP contribution in [0.25, 0.3) is 0 Å². The Morgan fingerprint density at radius 2 is 1.79 bits per heavy atom. The van der Waals surface area contributed by atoms with Crippen LogP contribution in [0.5, 0.6) is 0 Å². The summed E-state index contributed by atoms with van der Waals surface area (Å²) in [6.45, 7) is 0.791. The Kier molecular flexibility index (Phi) is 7.60. The summed E-state index contributed by atoms with van der Waals surface area (Å²) in [6, 6.07) is 9.07. The zero-order valence-corrected chi connectivity index (χ0v) is 18.5. The number of nitrogens with zero attached hydrogens (tertiary/aromatic N) is 2. The van der Waals surface area contributed by atoms with Gasteiger partial charge in [-0.1, -0.05) is 0 Å². The number of hydrogen-bond acceptors (Lipinski definition) is 5. The molecule has 0 radical (unpaired) electrons. The minimum atomic E-state index is -4.41. The van der Waals surface area contributed by atoms with Crippen molar-refractivity contribution in [2.75, 3.05) is 44.7 Å². The number of carbonyl (C=O) groups is 1. The molecule has 2 aromatic carbocycles. The van der Waals surface area contributed by atoms with E-state index in [1.165, 1.54) is 19.2 Å². The van der Waals surface area contributed by atoms with Crippen molar-refractivity contribution < 1.29 is 35.5 Å². The summed E-state index contributed by atoms with van der Waals surface area (Å²) in [5.41, 5.74) is -0.129. The van der Waals surface area contributed by atoms with E-state index < -0.39 is 46.1 Å². The summed E-state index contributed by atoms with van der Waals surface area (Å²) in [7, 11) is -2.73. The molecule has 1 unspecified atom stereocenters. The third-order valence-electron chi connectivity index (χ3n) is 5.11. The summed E-state index contributed by atoms with van der Waals surface area (Å²) in [5, 5.41) is 2.61. The first-order chi connectivity index (χ1) is 15.5. The molecule has 33 heavy (non-hydrogen) atoms. The Morgan fingerprint density at radius 3 is 2.39 bits per heavy atom. The fourth-order valence-electron chi connectivity index (χ4n) is 3.30. The van der Waals surface area contributed by atoms with Crippen LogP contribution < -0.4 is 10.2 Å². The first-order valence-corrected chi connectivity index (χ1v) is 11.4. The molecule has 12 heteroatoms. The SMILES string of the molecule is CN(CC(=O)NCC1CN(c2ccc(C(F)(F)F)cc2)CCO1)S(=O)(=O)c1ccc(F)cc1. The smallest absolute Gasteiger partial charge is 0.373 e. The summed E-state index contributed by atoms with van der Waals surface area (Å²) < 4.78 is 82.7. The molecule has 1 heterocycles. The second-order valence-electron chi connectivity index (χ2n) is 7.50. The molecule has 0 aliphatic carbocycles. The van der Waals surface area contributed by atoms with E-state index in [1.54, 1.807) is 0 Å². The lowest BCUT2D eigenvalue weighted by Crippen LogP contribution is -2.49. The van der Waals surface area contributed by atoms with Crippen molar-refractivity contribution in [2.24, 2.45) is 0 Å². The molecular weight excluding hydrogens is 466 g/mol. The van der Waals surface area contributed by atoms with E-state index >= 15 is 0 Å². The van der Waals surface area contributed by atoms with Gasteiger partial charge in [0.1, 0.15) is 5.82 Å². The highest BCUT2D eigenvalue weighted by Crippen LogP contribution is 2.30. The van der Waals surface area contributed by atoms with Gasteiger partial charge >= 0.3 is 6.18 Å². The molecule has 3 rings (SSSR count). The number of likely N-dealkylation sites (N-methyl/N-ethyl adjacent to an activating group) is 1. The number of anilines is 1. The average Bonchev–Trinajstić information content (AvgIpc) is 2.77. The van der Waals surface area contributed by atoms with Crippen LogP contribution in [0.2, 0.25) is 0 Å². The number of nitrogens with one attached hydrogen (secondary N) is 1. The Hall–Kier alpha value is -2.70. The number of amides is 1. The monoisotopic (exact) mass is 489 g/mol. The number of carbonyl (C=O) groups excluding carboxylic acids is 1. The van der Waals surface area contributed by atoms with Gasteiger partial charge in [-0.05, 0) is 48.5 Å². The lowest BCUT2D eigenvalue weighted by molar-refractivity contribution is -0.137. The fraction of sp³-hybridized carbons (Fsp3) is 0.381. The van der Waals surface area contributed by atoms with E-state index in [-0.39, 0.29) is 11.4 Å². The van der Waals surface area contributed by atoms with E-state index in [4.69, 9.17) is 4.74 Å². The maximum atomic E-state index is 13.0. The van der Waals surface area contributed by atoms with Crippen LogP contribution in [-0.4, -0.2) is 64.6 Å². The molecule has 0 bridgehead atoms. The third-order valence-corrected chi connectivity index (χ3v) is 6.93. The summed E-state index contributed by atoms with van der Waals surface area (Å²) in [5.74, 6) is -1.13. The molecule has 1 amide bonds. The van der Waals surface area contributed by atoms with E-state index in [0.717, 1.165) is 40.7 Å². The zero-order valence-electron chi connectivity index (χ0n) is 17.7. The molecule has 0 aromatic heterocycles. The Bertz CT molecular complexity index is 1060. The van der Waals surface area contributed by atoms with Crippen LogP contribution in [0.1, 0.15) is 5.56 Å². The predicted octanol–water partition coefficient (Wildman–Crippen LogP) is 2.49. The van der Waals surface area contributed by atoms with E-state index in [2.05, 4.69) is 5.32 Å². The van der Waals surface area contributed by atoms with Crippen LogP contribution in [0, 0.1) is 5.82 Å². The van der Waals surface area contributed by atoms with Crippen molar-refractivity contribution >= 4 is 21.6 Å². The van der Waals surface area contributed by atoms with Gasteiger partial charge in [0.2, 0.25) is 15.9 Å². The second-order valence-corrected chi connectivity index (χ2v) is 9.55. The summed E-state index contributed by atoms with van der Waals surface area (Å²) in [6.07, 6.45) is -4.84. The van der Waals surface area contributed by atoms with Crippen LogP contribution in [0.4, 0.5) is 23.2 Å². The van der Waals surface area contributed by atoms with Crippen molar-refractivity contribution in [3.05, 3.63) is 59.9 Å². The van der Waals surface area contributed by atoms with Gasteiger partial charge < -0.3 is 15.0 Å². The minimum Gasteiger partial charge on any atom is -0.373 e. The molecule has 180 valence electrons. The average molecular weight is 489 g/mol. The topological polar surface area (TPSA) is 79.0 Å². The molecule has 1 fully saturated rings. The predicted molar refractivity (Wildman–Crippen MR) is 113 cm³/mol. The number of morpholine rings is 1. The van der Waals surface area contributed by atoms with E-state index in [1.807, 2.05) is 4.90 Å². The quantitative estimate of drug-likeness (QED) is 0.605. The number of ether oxygens (including phenoxy) is 1. The molecule has 1 aliphatic heterocycles. The van der Waals surface area contributed by atoms with Gasteiger partial charge in [-0.25, -0.2) is 12.8 Å². The normalized spacial score (nSPS) is 17.3. The fourth-order valence-corrected chi connectivity index (χ4v) is 4.42. The highest BCUT2D eigenvalue weighted by Gasteiger charge is 2.30. The van der Waals surface area contributed by atoms with Crippen molar-refractivity contribution in [3.8, 4) is 0 Å². The van der Waals surface area contributed by atoms with Crippen LogP contribution in [-0.2, 0) is 25.7 Å². The van der Waals surface area contributed by atoms with Crippen molar-refractivity contribution in [1.82, 2.24) is 9.62 Å². The van der Waals surface area contributed by atoms with E-state index in [9.17, 15) is 30.8 Å². The summed E-state index contributed by atoms with van der Waals surface area (Å²) >= 11 is 0.